The lowest BCUT2D eigenvalue weighted by Gasteiger charge is -2.14. The summed E-state index contributed by atoms with van der Waals surface area (Å²) in [6, 6.07) is 7.89. The lowest BCUT2D eigenvalue weighted by Crippen LogP contribution is -2.25. The summed E-state index contributed by atoms with van der Waals surface area (Å²) < 4.78 is 13.5. The molecule has 3 nitrogen and oxygen atoms in total. The van der Waals surface area contributed by atoms with Crippen LogP contribution in [0.3, 0.4) is 0 Å². The van der Waals surface area contributed by atoms with Gasteiger partial charge < -0.3 is 4.90 Å². The number of benzene rings is 1. The van der Waals surface area contributed by atoms with Gasteiger partial charge in [0, 0.05) is 5.56 Å². The van der Waals surface area contributed by atoms with Crippen LogP contribution in [0.2, 0.25) is 0 Å². The zero-order valence-corrected chi connectivity index (χ0v) is 10.3. The van der Waals surface area contributed by atoms with Crippen molar-refractivity contribution in [3.05, 3.63) is 35.6 Å². The molecule has 1 unspecified atom stereocenters. The van der Waals surface area contributed by atoms with E-state index < -0.39 is 6.04 Å². The summed E-state index contributed by atoms with van der Waals surface area (Å²) in [6.07, 6.45) is 0.930. The zero-order chi connectivity index (χ0) is 12.7. The lowest BCUT2D eigenvalue weighted by molar-refractivity contribution is 0.391. The van der Waals surface area contributed by atoms with Crippen molar-refractivity contribution >= 4 is 0 Å². The smallest absolute Gasteiger partial charge is 0.129 e. The Morgan fingerprint density at radius 2 is 2.12 bits per heavy atom. The topological polar surface area (TPSA) is 39.1 Å². The minimum absolute atomic E-state index is 0.334. The summed E-state index contributed by atoms with van der Waals surface area (Å²) in [6.45, 7) is 1.65. The molecule has 0 saturated heterocycles. The van der Waals surface area contributed by atoms with E-state index in [1.54, 1.807) is 18.2 Å². The van der Waals surface area contributed by atoms with Gasteiger partial charge in [-0.3, -0.25) is 5.32 Å². The Kier molecular flexibility index (Phi) is 5.61. The molecule has 0 radical (unpaired) electrons. The Labute approximate surface area is 102 Å². The fraction of sp³-hybridized carbons (Fsp3) is 0.462. The number of nitriles is 1. The number of nitrogens with zero attached hydrogens (tertiary/aromatic N) is 2. The van der Waals surface area contributed by atoms with Crippen molar-refractivity contribution in [1.82, 2.24) is 10.2 Å². The van der Waals surface area contributed by atoms with E-state index >= 15 is 0 Å². The van der Waals surface area contributed by atoms with E-state index in [0.29, 0.717) is 12.1 Å². The zero-order valence-electron chi connectivity index (χ0n) is 10.3. The van der Waals surface area contributed by atoms with E-state index in [1.165, 1.54) is 6.07 Å². The van der Waals surface area contributed by atoms with E-state index in [2.05, 4.69) is 16.3 Å². The van der Waals surface area contributed by atoms with Gasteiger partial charge in [-0.2, -0.15) is 5.26 Å². The van der Waals surface area contributed by atoms with Crippen LogP contribution in [0.15, 0.2) is 24.3 Å². The number of hydrogen-bond acceptors (Lipinski definition) is 3. The van der Waals surface area contributed by atoms with Crippen molar-refractivity contribution in [2.75, 3.05) is 27.2 Å². The molecule has 0 saturated carbocycles. The Bertz CT molecular complexity index is 384. The Morgan fingerprint density at radius 1 is 1.41 bits per heavy atom. The highest BCUT2D eigenvalue weighted by atomic mass is 19.1. The van der Waals surface area contributed by atoms with Crippen LogP contribution < -0.4 is 5.32 Å². The molecule has 0 bridgehead atoms. The summed E-state index contributed by atoms with van der Waals surface area (Å²) in [7, 11) is 4.00. The molecule has 0 aromatic heterocycles. The molecule has 17 heavy (non-hydrogen) atoms. The predicted molar refractivity (Wildman–Crippen MR) is 65.9 cm³/mol. The highest BCUT2D eigenvalue weighted by Gasteiger charge is 2.13. The van der Waals surface area contributed by atoms with Crippen molar-refractivity contribution in [1.29, 1.82) is 5.26 Å². The molecule has 0 spiro atoms. The third-order valence-corrected chi connectivity index (χ3v) is 2.48. The first-order valence-corrected chi connectivity index (χ1v) is 5.67. The summed E-state index contributed by atoms with van der Waals surface area (Å²) >= 11 is 0. The molecule has 1 rings (SSSR count). The highest BCUT2D eigenvalue weighted by Crippen LogP contribution is 2.15. The van der Waals surface area contributed by atoms with Crippen molar-refractivity contribution in [2.24, 2.45) is 0 Å². The molecular formula is C13H18FN3. The standard InChI is InChI=1S/C13H18FN3/c1-17(2)9-5-8-16-13(10-15)11-6-3-4-7-12(11)14/h3-4,6-7,13,16H,5,8-9H2,1-2H3. The normalized spacial score (nSPS) is 12.4. The average Bonchev–Trinajstić information content (AvgIpc) is 2.30. The fourth-order valence-electron chi connectivity index (χ4n) is 1.58. The van der Waals surface area contributed by atoms with Crippen LogP contribution in [0.5, 0.6) is 0 Å². The second-order valence-electron chi connectivity index (χ2n) is 4.19. The van der Waals surface area contributed by atoms with Crippen molar-refractivity contribution in [3.63, 3.8) is 0 Å². The molecule has 0 aliphatic heterocycles. The lowest BCUT2D eigenvalue weighted by atomic mass is 10.1. The first-order chi connectivity index (χ1) is 8.15. The van der Waals surface area contributed by atoms with Gasteiger partial charge >= 0.3 is 0 Å². The van der Waals surface area contributed by atoms with Crippen LogP contribution in [-0.4, -0.2) is 32.1 Å². The van der Waals surface area contributed by atoms with Gasteiger partial charge in [-0.15, -0.1) is 0 Å². The minimum atomic E-state index is -0.571. The third-order valence-electron chi connectivity index (χ3n) is 2.48. The Hall–Kier alpha value is -1.44. The van der Waals surface area contributed by atoms with Crippen LogP contribution in [-0.2, 0) is 0 Å². The van der Waals surface area contributed by atoms with Crippen molar-refractivity contribution < 1.29 is 4.39 Å². The van der Waals surface area contributed by atoms with Gasteiger partial charge in [0.25, 0.3) is 0 Å². The van der Waals surface area contributed by atoms with Gasteiger partial charge in [0.1, 0.15) is 11.9 Å². The largest absolute Gasteiger partial charge is 0.309 e. The molecule has 1 atom stereocenters. The molecule has 1 aromatic carbocycles. The maximum atomic E-state index is 13.5. The second kappa shape index (κ2) is 7.00. The Morgan fingerprint density at radius 3 is 2.71 bits per heavy atom. The quantitative estimate of drug-likeness (QED) is 0.766. The van der Waals surface area contributed by atoms with E-state index in [1.807, 2.05) is 14.1 Å². The summed E-state index contributed by atoms with van der Waals surface area (Å²) in [5, 5.41) is 12.1. The van der Waals surface area contributed by atoms with Gasteiger partial charge in [0.2, 0.25) is 0 Å². The first-order valence-electron chi connectivity index (χ1n) is 5.67. The van der Waals surface area contributed by atoms with Gasteiger partial charge in [0.05, 0.1) is 6.07 Å². The highest BCUT2D eigenvalue weighted by molar-refractivity contribution is 5.25. The molecule has 4 heteroatoms. The van der Waals surface area contributed by atoms with Crippen molar-refractivity contribution in [3.8, 4) is 6.07 Å². The van der Waals surface area contributed by atoms with Crippen LogP contribution >= 0.6 is 0 Å². The molecule has 0 amide bonds. The van der Waals surface area contributed by atoms with Gasteiger partial charge in [-0.25, -0.2) is 4.39 Å². The van der Waals surface area contributed by atoms with Crippen LogP contribution in [0.1, 0.15) is 18.0 Å². The molecule has 0 fully saturated rings. The van der Waals surface area contributed by atoms with Crippen molar-refractivity contribution in [2.45, 2.75) is 12.5 Å². The van der Waals surface area contributed by atoms with E-state index in [4.69, 9.17) is 5.26 Å². The summed E-state index contributed by atoms with van der Waals surface area (Å²) in [5.41, 5.74) is 0.417. The summed E-state index contributed by atoms with van der Waals surface area (Å²) in [4.78, 5) is 2.08. The van der Waals surface area contributed by atoms with E-state index in [0.717, 1.165) is 13.0 Å². The monoisotopic (exact) mass is 235 g/mol. The SMILES string of the molecule is CN(C)CCCNC(C#N)c1ccccc1F. The maximum Gasteiger partial charge on any atom is 0.129 e. The summed E-state index contributed by atoms with van der Waals surface area (Å²) in [5.74, 6) is -0.334. The van der Waals surface area contributed by atoms with Crippen LogP contribution in [0.4, 0.5) is 4.39 Å². The van der Waals surface area contributed by atoms with Crippen LogP contribution in [0, 0.1) is 17.1 Å². The molecular weight excluding hydrogens is 217 g/mol. The third kappa shape index (κ3) is 4.51. The average molecular weight is 235 g/mol. The molecule has 1 N–H and O–H groups in total. The van der Waals surface area contributed by atoms with Gasteiger partial charge in [-0.05, 0) is 39.7 Å². The van der Waals surface area contributed by atoms with Gasteiger partial charge in [-0.1, -0.05) is 18.2 Å². The molecule has 0 aliphatic carbocycles. The van der Waals surface area contributed by atoms with Gasteiger partial charge in [0.15, 0.2) is 0 Å². The van der Waals surface area contributed by atoms with E-state index in [9.17, 15) is 4.39 Å². The first kappa shape index (κ1) is 13.6. The maximum absolute atomic E-state index is 13.5. The molecule has 1 aromatic rings. The molecule has 0 heterocycles. The number of hydrogen-bond donors (Lipinski definition) is 1. The number of rotatable bonds is 6. The molecule has 92 valence electrons. The number of halogens is 1. The predicted octanol–water partition coefficient (Wildman–Crippen LogP) is 1.93. The second-order valence-corrected chi connectivity index (χ2v) is 4.19. The van der Waals surface area contributed by atoms with E-state index in [-0.39, 0.29) is 5.82 Å². The minimum Gasteiger partial charge on any atom is -0.309 e. The van der Waals surface area contributed by atoms with Crippen LogP contribution in [0.25, 0.3) is 0 Å². The Balaban J connectivity index is 2.50. The number of nitrogens with one attached hydrogen (secondary N) is 1. The molecule has 0 aliphatic rings. The fourth-order valence-corrected chi connectivity index (χ4v) is 1.58.